The smallest absolute Gasteiger partial charge is 0.321 e. The van der Waals surface area contributed by atoms with E-state index < -0.39 is 0 Å². The van der Waals surface area contributed by atoms with Crippen molar-refractivity contribution in [2.45, 2.75) is 13.8 Å². The molecular formula is C26H27N5O3. The van der Waals surface area contributed by atoms with Gasteiger partial charge >= 0.3 is 6.03 Å². The highest BCUT2D eigenvalue weighted by atomic mass is 16.2. The lowest BCUT2D eigenvalue weighted by molar-refractivity contribution is 0.0672. The summed E-state index contributed by atoms with van der Waals surface area (Å²) in [4.78, 5) is 46.0. The number of hydrogen-bond donors (Lipinski definition) is 2. The first kappa shape index (κ1) is 23.0. The van der Waals surface area contributed by atoms with Gasteiger partial charge in [0.15, 0.2) is 0 Å². The van der Waals surface area contributed by atoms with Gasteiger partial charge in [-0.1, -0.05) is 24.3 Å². The molecule has 0 bridgehead atoms. The fourth-order valence-electron chi connectivity index (χ4n) is 3.91. The molecule has 8 heteroatoms. The summed E-state index contributed by atoms with van der Waals surface area (Å²) in [6.45, 7) is 5.49. The molecule has 0 saturated carbocycles. The molecule has 3 aromatic rings. The van der Waals surface area contributed by atoms with Crippen molar-refractivity contribution >= 4 is 29.2 Å². The SMILES string of the molecule is Cc1cccc(NC(=O)N2CCN(C(=O)c3cccc(C)c3NC(=O)c3ccncc3)CC2)c1. The second-order valence-electron chi connectivity index (χ2n) is 8.27. The van der Waals surface area contributed by atoms with Crippen LogP contribution in [0.15, 0.2) is 67.0 Å². The Morgan fingerprint density at radius 2 is 1.50 bits per heavy atom. The van der Waals surface area contributed by atoms with Crippen molar-refractivity contribution in [2.24, 2.45) is 0 Å². The van der Waals surface area contributed by atoms with Gasteiger partial charge in [0.05, 0.1) is 11.3 Å². The summed E-state index contributed by atoms with van der Waals surface area (Å²) < 4.78 is 0. The summed E-state index contributed by atoms with van der Waals surface area (Å²) in [6.07, 6.45) is 3.10. The first-order valence-electron chi connectivity index (χ1n) is 11.2. The van der Waals surface area contributed by atoms with E-state index in [4.69, 9.17) is 0 Å². The van der Waals surface area contributed by atoms with Gasteiger partial charge in [0.2, 0.25) is 0 Å². The number of anilines is 2. The van der Waals surface area contributed by atoms with Crippen LogP contribution in [0.4, 0.5) is 16.2 Å². The van der Waals surface area contributed by atoms with Crippen LogP contribution in [0.25, 0.3) is 0 Å². The number of nitrogens with zero attached hydrogens (tertiary/aromatic N) is 3. The maximum atomic E-state index is 13.3. The highest BCUT2D eigenvalue weighted by Crippen LogP contribution is 2.24. The van der Waals surface area contributed by atoms with E-state index >= 15 is 0 Å². The van der Waals surface area contributed by atoms with E-state index in [0.717, 1.165) is 16.8 Å². The normalized spacial score (nSPS) is 13.4. The minimum Gasteiger partial charge on any atom is -0.335 e. The largest absolute Gasteiger partial charge is 0.335 e. The summed E-state index contributed by atoms with van der Waals surface area (Å²) >= 11 is 0. The average molecular weight is 458 g/mol. The molecule has 1 fully saturated rings. The fraction of sp³-hybridized carbons (Fsp3) is 0.231. The molecule has 1 saturated heterocycles. The molecule has 0 unspecified atom stereocenters. The number of hydrogen-bond acceptors (Lipinski definition) is 4. The van der Waals surface area contributed by atoms with Gasteiger partial charge in [0.25, 0.3) is 11.8 Å². The van der Waals surface area contributed by atoms with Gasteiger partial charge in [0.1, 0.15) is 0 Å². The summed E-state index contributed by atoms with van der Waals surface area (Å²) in [5.41, 5.74) is 4.00. The molecule has 1 aliphatic heterocycles. The van der Waals surface area contributed by atoms with E-state index in [9.17, 15) is 14.4 Å². The van der Waals surface area contributed by atoms with Crippen molar-refractivity contribution in [2.75, 3.05) is 36.8 Å². The molecule has 1 aliphatic rings. The quantitative estimate of drug-likeness (QED) is 0.620. The number of carbonyl (C=O) groups is 3. The molecule has 0 atom stereocenters. The third-order valence-electron chi connectivity index (χ3n) is 5.81. The zero-order valence-corrected chi connectivity index (χ0v) is 19.2. The molecule has 34 heavy (non-hydrogen) atoms. The van der Waals surface area contributed by atoms with Crippen LogP contribution in [0.1, 0.15) is 31.8 Å². The van der Waals surface area contributed by atoms with Crippen molar-refractivity contribution in [3.63, 3.8) is 0 Å². The van der Waals surface area contributed by atoms with Gasteiger partial charge in [0, 0.05) is 49.8 Å². The van der Waals surface area contributed by atoms with Gasteiger partial charge in [-0.25, -0.2) is 4.79 Å². The summed E-state index contributed by atoms with van der Waals surface area (Å²) in [6, 6.07) is 16.1. The van der Waals surface area contributed by atoms with Crippen LogP contribution in [0.2, 0.25) is 0 Å². The number of benzene rings is 2. The van der Waals surface area contributed by atoms with Crippen LogP contribution in [0.3, 0.4) is 0 Å². The van der Waals surface area contributed by atoms with Crippen LogP contribution in [-0.2, 0) is 0 Å². The van der Waals surface area contributed by atoms with Crippen molar-refractivity contribution in [3.05, 3.63) is 89.2 Å². The zero-order chi connectivity index (χ0) is 24.1. The molecule has 1 aromatic heterocycles. The minimum atomic E-state index is -0.302. The number of aromatic nitrogens is 1. The molecule has 2 N–H and O–H groups in total. The molecule has 0 aliphatic carbocycles. The summed E-state index contributed by atoms with van der Waals surface area (Å²) in [7, 11) is 0. The standard InChI is InChI=1S/C26H27N5O3/c1-18-5-3-7-21(17-18)28-26(34)31-15-13-30(14-16-31)25(33)22-8-4-6-19(2)23(22)29-24(32)20-9-11-27-12-10-20/h3-12,17H,13-16H2,1-2H3,(H,28,34)(H,29,32). The van der Waals surface area contributed by atoms with E-state index in [0.29, 0.717) is 43.0 Å². The lowest BCUT2D eigenvalue weighted by Crippen LogP contribution is -2.51. The third-order valence-corrected chi connectivity index (χ3v) is 5.81. The number of rotatable bonds is 4. The Bertz CT molecular complexity index is 1200. The van der Waals surface area contributed by atoms with Crippen molar-refractivity contribution in [1.82, 2.24) is 14.8 Å². The Morgan fingerprint density at radius 1 is 0.824 bits per heavy atom. The van der Waals surface area contributed by atoms with Gasteiger partial charge in [-0.2, -0.15) is 0 Å². The molecule has 174 valence electrons. The number of carbonyl (C=O) groups excluding carboxylic acids is 3. The molecule has 2 heterocycles. The monoisotopic (exact) mass is 457 g/mol. The minimum absolute atomic E-state index is 0.174. The number of pyridine rings is 1. The van der Waals surface area contributed by atoms with Gasteiger partial charge in [-0.3, -0.25) is 14.6 Å². The van der Waals surface area contributed by atoms with E-state index in [-0.39, 0.29) is 17.8 Å². The molecule has 2 aromatic carbocycles. The van der Waals surface area contributed by atoms with Crippen LogP contribution in [-0.4, -0.2) is 58.8 Å². The van der Waals surface area contributed by atoms with Crippen molar-refractivity contribution in [1.29, 1.82) is 0 Å². The number of nitrogens with one attached hydrogen (secondary N) is 2. The van der Waals surface area contributed by atoms with Crippen molar-refractivity contribution < 1.29 is 14.4 Å². The zero-order valence-electron chi connectivity index (χ0n) is 19.2. The van der Waals surface area contributed by atoms with Crippen LogP contribution < -0.4 is 10.6 Å². The number of para-hydroxylation sites is 1. The highest BCUT2D eigenvalue weighted by Gasteiger charge is 2.27. The van der Waals surface area contributed by atoms with Crippen LogP contribution in [0.5, 0.6) is 0 Å². The second-order valence-corrected chi connectivity index (χ2v) is 8.27. The number of amides is 4. The molecule has 8 nitrogen and oxygen atoms in total. The Hall–Kier alpha value is -4.20. The van der Waals surface area contributed by atoms with Gasteiger partial charge in [-0.15, -0.1) is 0 Å². The first-order valence-corrected chi connectivity index (χ1v) is 11.2. The maximum Gasteiger partial charge on any atom is 0.321 e. The first-order chi connectivity index (χ1) is 16.4. The predicted octanol–water partition coefficient (Wildman–Crippen LogP) is 3.94. The van der Waals surface area contributed by atoms with Crippen molar-refractivity contribution in [3.8, 4) is 0 Å². The second kappa shape index (κ2) is 10.2. The predicted molar refractivity (Wildman–Crippen MR) is 131 cm³/mol. The average Bonchev–Trinajstić information content (AvgIpc) is 2.85. The third kappa shape index (κ3) is 5.23. The van der Waals surface area contributed by atoms with Crippen LogP contribution in [0, 0.1) is 13.8 Å². The van der Waals surface area contributed by atoms with E-state index in [1.165, 1.54) is 0 Å². The number of piperazine rings is 1. The van der Waals surface area contributed by atoms with Gasteiger partial charge in [-0.05, 0) is 55.3 Å². The Balaban J connectivity index is 1.41. The van der Waals surface area contributed by atoms with E-state index in [2.05, 4.69) is 15.6 Å². The Morgan fingerprint density at radius 3 is 2.21 bits per heavy atom. The Kier molecular flexibility index (Phi) is 6.87. The van der Waals surface area contributed by atoms with E-state index in [1.807, 2.05) is 44.2 Å². The molecule has 4 rings (SSSR count). The van der Waals surface area contributed by atoms with Gasteiger partial charge < -0.3 is 20.4 Å². The lowest BCUT2D eigenvalue weighted by atomic mass is 10.1. The molecule has 0 radical (unpaired) electrons. The number of aryl methyl sites for hydroxylation is 2. The summed E-state index contributed by atoms with van der Waals surface area (Å²) in [5.74, 6) is -0.476. The maximum absolute atomic E-state index is 13.3. The fourth-order valence-corrected chi connectivity index (χ4v) is 3.91. The van der Waals surface area contributed by atoms with E-state index in [1.54, 1.807) is 46.5 Å². The molecular weight excluding hydrogens is 430 g/mol. The number of urea groups is 1. The molecule has 0 spiro atoms. The highest BCUT2D eigenvalue weighted by molar-refractivity contribution is 6.09. The summed E-state index contributed by atoms with van der Waals surface area (Å²) in [5, 5.41) is 5.80. The molecule has 4 amide bonds. The van der Waals surface area contributed by atoms with Crippen LogP contribution >= 0.6 is 0 Å². The Labute approximate surface area is 198 Å². The lowest BCUT2D eigenvalue weighted by Gasteiger charge is -2.35. The topological polar surface area (TPSA) is 94.6 Å².